The first-order chi connectivity index (χ1) is 8.16. The Morgan fingerprint density at radius 2 is 2.24 bits per heavy atom. The number of halogens is 1. The fourth-order valence-corrected chi connectivity index (χ4v) is 2.32. The van der Waals surface area contributed by atoms with Gasteiger partial charge in [-0.2, -0.15) is 0 Å². The summed E-state index contributed by atoms with van der Waals surface area (Å²) in [4.78, 5) is 12.4. The van der Waals surface area contributed by atoms with Gasteiger partial charge in [-0.3, -0.25) is 4.79 Å². The van der Waals surface area contributed by atoms with Crippen molar-refractivity contribution in [3.05, 3.63) is 51.2 Å². The second-order valence-corrected chi connectivity index (χ2v) is 4.98. The molecule has 88 valence electrons. The molecule has 0 aliphatic heterocycles. The average Bonchev–Trinajstić information content (AvgIpc) is 2.81. The Kier molecular flexibility index (Phi) is 3.82. The molecule has 0 amide bonds. The second kappa shape index (κ2) is 5.34. The van der Waals surface area contributed by atoms with E-state index in [4.69, 9.17) is 16.3 Å². The molecule has 0 fully saturated rings. The largest absolute Gasteiger partial charge is 0.484 e. The summed E-state index contributed by atoms with van der Waals surface area (Å²) in [5.41, 5.74) is 1.06. The average molecular weight is 267 g/mol. The summed E-state index contributed by atoms with van der Waals surface area (Å²) >= 11 is 7.41. The lowest BCUT2D eigenvalue weighted by Gasteiger charge is -2.07. The van der Waals surface area contributed by atoms with E-state index in [2.05, 4.69) is 0 Å². The summed E-state index contributed by atoms with van der Waals surface area (Å²) < 4.78 is 5.40. The van der Waals surface area contributed by atoms with E-state index in [0.29, 0.717) is 15.6 Å². The number of benzene rings is 1. The molecule has 4 heteroatoms. The monoisotopic (exact) mass is 266 g/mol. The van der Waals surface area contributed by atoms with Crippen molar-refractivity contribution in [3.63, 3.8) is 0 Å². The Balaban J connectivity index is 2.01. The van der Waals surface area contributed by atoms with E-state index in [1.165, 1.54) is 11.3 Å². The second-order valence-electron chi connectivity index (χ2n) is 3.62. The molecule has 1 aromatic heterocycles. The van der Waals surface area contributed by atoms with Crippen LogP contribution >= 0.6 is 22.9 Å². The molecule has 0 saturated heterocycles. The van der Waals surface area contributed by atoms with Gasteiger partial charge < -0.3 is 4.74 Å². The molecule has 17 heavy (non-hydrogen) atoms. The van der Waals surface area contributed by atoms with Gasteiger partial charge in [-0.25, -0.2) is 0 Å². The van der Waals surface area contributed by atoms with Gasteiger partial charge >= 0.3 is 0 Å². The number of carbonyl (C=O) groups excluding carboxylic acids is 1. The molecular formula is C13H11ClO2S. The van der Waals surface area contributed by atoms with Crippen molar-refractivity contribution in [2.24, 2.45) is 0 Å². The molecular weight excluding hydrogens is 256 g/mol. The molecule has 0 atom stereocenters. The van der Waals surface area contributed by atoms with Gasteiger partial charge in [-0.1, -0.05) is 23.7 Å². The number of hydrogen-bond donors (Lipinski definition) is 0. The van der Waals surface area contributed by atoms with Gasteiger partial charge in [0, 0.05) is 0 Å². The molecule has 1 heterocycles. The van der Waals surface area contributed by atoms with E-state index < -0.39 is 0 Å². The van der Waals surface area contributed by atoms with Gasteiger partial charge in [-0.15, -0.1) is 11.3 Å². The predicted molar refractivity (Wildman–Crippen MR) is 70.3 cm³/mol. The fourth-order valence-electron chi connectivity index (χ4n) is 1.37. The van der Waals surface area contributed by atoms with Crippen LogP contribution in [0, 0.1) is 6.92 Å². The summed E-state index contributed by atoms with van der Waals surface area (Å²) in [6.45, 7) is 1.97. The molecule has 0 radical (unpaired) electrons. The molecule has 0 bridgehead atoms. The fraction of sp³-hybridized carbons (Fsp3) is 0.154. The summed E-state index contributed by atoms with van der Waals surface area (Å²) in [5.74, 6) is 0.513. The van der Waals surface area contributed by atoms with Crippen molar-refractivity contribution in [1.29, 1.82) is 0 Å². The Labute approximate surface area is 109 Å². The Morgan fingerprint density at radius 3 is 2.88 bits per heavy atom. The highest BCUT2D eigenvalue weighted by atomic mass is 35.5. The zero-order valence-corrected chi connectivity index (χ0v) is 10.8. The molecule has 0 aliphatic carbocycles. The standard InChI is InChI=1S/C13H11ClO2S/c1-9-4-5-12(10(14)7-9)16-8-11(15)13-3-2-6-17-13/h2-7H,8H2,1H3. The van der Waals surface area contributed by atoms with Crippen molar-refractivity contribution < 1.29 is 9.53 Å². The molecule has 2 nitrogen and oxygen atoms in total. The first-order valence-corrected chi connectivity index (χ1v) is 6.38. The highest BCUT2D eigenvalue weighted by Gasteiger charge is 2.09. The molecule has 0 aliphatic rings. The lowest BCUT2D eigenvalue weighted by molar-refractivity contribution is 0.0925. The number of ether oxygens (including phenoxy) is 1. The minimum Gasteiger partial charge on any atom is -0.484 e. The Hall–Kier alpha value is -1.32. The molecule has 0 spiro atoms. The maximum absolute atomic E-state index is 11.7. The lowest BCUT2D eigenvalue weighted by Crippen LogP contribution is -2.10. The van der Waals surface area contributed by atoms with Gasteiger partial charge in [0.25, 0.3) is 0 Å². The van der Waals surface area contributed by atoms with Gasteiger partial charge in [0.2, 0.25) is 5.78 Å². The lowest BCUT2D eigenvalue weighted by atomic mass is 10.2. The van der Waals surface area contributed by atoms with Crippen LogP contribution < -0.4 is 4.74 Å². The Morgan fingerprint density at radius 1 is 1.41 bits per heavy atom. The third-order valence-electron chi connectivity index (χ3n) is 2.24. The molecule has 0 N–H and O–H groups in total. The van der Waals surface area contributed by atoms with Crippen molar-refractivity contribution >= 4 is 28.7 Å². The predicted octanol–water partition coefficient (Wildman–Crippen LogP) is 3.97. The van der Waals surface area contributed by atoms with Crippen LogP contribution in [0.5, 0.6) is 5.75 Å². The van der Waals surface area contributed by atoms with Crippen molar-refractivity contribution in [3.8, 4) is 5.75 Å². The molecule has 2 aromatic rings. The van der Waals surface area contributed by atoms with Crippen LogP contribution in [0.1, 0.15) is 15.2 Å². The SMILES string of the molecule is Cc1ccc(OCC(=O)c2cccs2)c(Cl)c1. The van der Waals surface area contributed by atoms with Gasteiger partial charge in [0.1, 0.15) is 5.75 Å². The maximum atomic E-state index is 11.7. The smallest absolute Gasteiger partial charge is 0.210 e. The van der Waals surface area contributed by atoms with Crippen LogP contribution in [0.3, 0.4) is 0 Å². The van der Waals surface area contributed by atoms with E-state index in [1.807, 2.05) is 30.5 Å². The number of Topliss-reactive ketones (excluding diaryl/α,β-unsaturated/α-hetero) is 1. The first kappa shape index (κ1) is 12.1. The summed E-state index contributed by atoms with van der Waals surface area (Å²) in [6.07, 6.45) is 0. The summed E-state index contributed by atoms with van der Waals surface area (Å²) in [5, 5.41) is 2.40. The zero-order chi connectivity index (χ0) is 12.3. The van der Waals surface area contributed by atoms with E-state index in [1.54, 1.807) is 12.1 Å². The van der Waals surface area contributed by atoms with E-state index in [9.17, 15) is 4.79 Å². The number of rotatable bonds is 4. The van der Waals surface area contributed by atoms with Crippen LogP contribution in [0.25, 0.3) is 0 Å². The molecule has 0 saturated carbocycles. The van der Waals surface area contributed by atoms with Gasteiger partial charge in [0.15, 0.2) is 6.61 Å². The van der Waals surface area contributed by atoms with Crippen LogP contribution in [-0.4, -0.2) is 12.4 Å². The van der Waals surface area contributed by atoms with Crippen molar-refractivity contribution in [1.82, 2.24) is 0 Å². The van der Waals surface area contributed by atoms with Gasteiger partial charge in [0.05, 0.1) is 9.90 Å². The number of thiophene rings is 1. The highest BCUT2D eigenvalue weighted by Crippen LogP contribution is 2.25. The normalized spacial score (nSPS) is 10.2. The number of aryl methyl sites for hydroxylation is 1. The number of carbonyl (C=O) groups is 1. The molecule has 2 rings (SSSR count). The van der Waals surface area contributed by atoms with Crippen molar-refractivity contribution in [2.45, 2.75) is 6.92 Å². The third-order valence-corrected chi connectivity index (χ3v) is 3.45. The maximum Gasteiger partial charge on any atom is 0.210 e. The third kappa shape index (κ3) is 3.08. The quantitative estimate of drug-likeness (QED) is 0.783. The van der Waals surface area contributed by atoms with Crippen LogP contribution in [-0.2, 0) is 0 Å². The van der Waals surface area contributed by atoms with Gasteiger partial charge in [-0.05, 0) is 36.1 Å². The topological polar surface area (TPSA) is 26.3 Å². The summed E-state index contributed by atoms with van der Waals surface area (Å²) in [7, 11) is 0. The van der Waals surface area contributed by atoms with Crippen LogP contribution in [0.15, 0.2) is 35.7 Å². The van der Waals surface area contributed by atoms with Crippen molar-refractivity contribution in [2.75, 3.05) is 6.61 Å². The van der Waals surface area contributed by atoms with Crippen LogP contribution in [0.4, 0.5) is 0 Å². The molecule has 0 unspecified atom stereocenters. The molecule has 1 aromatic carbocycles. The zero-order valence-electron chi connectivity index (χ0n) is 9.27. The minimum atomic E-state index is -0.0309. The minimum absolute atomic E-state index is 0.0172. The van der Waals surface area contributed by atoms with E-state index in [-0.39, 0.29) is 12.4 Å². The first-order valence-electron chi connectivity index (χ1n) is 5.12. The number of ketones is 1. The Bertz CT molecular complexity index is 520. The van der Waals surface area contributed by atoms with E-state index >= 15 is 0 Å². The van der Waals surface area contributed by atoms with Crippen LogP contribution in [0.2, 0.25) is 5.02 Å². The summed E-state index contributed by atoms with van der Waals surface area (Å²) in [6, 6.07) is 9.12. The van der Waals surface area contributed by atoms with E-state index in [0.717, 1.165) is 5.56 Å². The number of hydrogen-bond acceptors (Lipinski definition) is 3. The highest BCUT2D eigenvalue weighted by molar-refractivity contribution is 7.12.